The Morgan fingerprint density at radius 2 is 1.90 bits per heavy atom. The number of benzene rings is 2. The second-order valence-electron chi connectivity index (χ2n) is 7.15. The molecule has 0 unspecified atom stereocenters. The zero-order chi connectivity index (χ0) is 21.6. The largest absolute Gasteiger partial charge is 0.324 e. The number of nitrogens with zero attached hydrogens (tertiary/aromatic N) is 4. The molecule has 1 N–H and O–H groups in total. The van der Waals surface area contributed by atoms with Crippen LogP contribution in [0.25, 0.3) is 0 Å². The fraction of sp³-hybridized carbons (Fsp3) is 0.250. The highest BCUT2D eigenvalue weighted by atomic mass is 35.5. The minimum absolute atomic E-state index is 0.139. The highest BCUT2D eigenvalue weighted by Gasteiger charge is 2.55. The first-order valence-electron chi connectivity index (χ1n) is 9.13. The number of hydrogen-bond acceptors (Lipinski definition) is 6. The number of aryl methyl sites for hydroxylation is 2. The van der Waals surface area contributed by atoms with Gasteiger partial charge in [-0.1, -0.05) is 22.9 Å². The lowest BCUT2D eigenvalue weighted by molar-refractivity contribution is -0.123. The van der Waals surface area contributed by atoms with Crippen LogP contribution in [0.5, 0.6) is 0 Å². The van der Waals surface area contributed by atoms with Crippen LogP contribution in [-0.2, 0) is 14.4 Å². The summed E-state index contributed by atoms with van der Waals surface area (Å²) in [5, 5.41) is 11.4. The molecule has 1 saturated heterocycles. The molecule has 4 rings (SSSR count). The maximum Gasteiger partial charge on any atom is 0.263 e. The number of anilines is 2. The predicted octanol–water partition coefficient (Wildman–Crippen LogP) is 3.03. The van der Waals surface area contributed by atoms with Gasteiger partial charge >= 0.3 is 0 Å². The van der Waals surface area contributed by atoms with Gasteiger partial charge in [-0.15, -0.1) is 0 Å². The Bertz CT molecular complexity index is 1110. The number of imide groups is 1. The minimum atomic E-state index is -1.06. The van der Waals surface area contributed by atoms with E-state index in [1.807, 2.05) is 26.0 Å². The molecule has 10 heteroatoms. The summed E-state index contributed by atoms with van der Waals surface area (Å²) < 4.78 is 13.4. The van der Waals surface area contributed by atoms with Crippen LogP contribution >= 0.6 is 11.6 Å². The molecule has 0 bridgehead atoms. The molecule has 0 saturated carbocycles. The number of carbonyl (C=O) groups is 3. The molecule has 30 heavy (non-hydrogen) atoms. The van der Waals surface area contributed by atoms with Crippen LogP contribution in [0, 0.1) is 19.7 Å². The van der Waals surface area contributed by atoms with Gasteiger partial charge in [0.1, 0.15) is 12.4 Å². The average Bonchev–Trinajstić information content (AvgIpc) is 3.21. The van der Waals surface area contributed by atoms with E-state index in [0.29, 0.717) is 5.69 Å². The van der Waals surface area contributed by atoms with E-state index < -0.39 is 35.6 Å². The maximum absolute atomic E-state index is 13.4. The fourth-order valence-electron chi connectivity index (χ4n) is 3.40. The van der Waals surface area contributed by atoms with Crippen LogP contribution in [0.2, 0.25) is 5.02 Å². The van der Waals surface area contributed by atoms with Crippen LogP contribution in [0.15, 0.2) is 46.7 Å². The van der Waals surface area contributed by atoms with Gasteiger partial charge in [0.25, 0.3) is 11.8 Å². The topological polar surface area (TPSA) is 94.4 Å². The van der Waals surface area contributed by atoms with Gasteiger partial charge in [0.15, 0.2) is 12.1 Å². The molecule has 3 amide bonds. The minimum Gasteiger partial charge on any atom is -0.324 e. The van der Waals surface area contributed by atoms with Gasteiger partial charge in [-0.25, -0.2) is 9.29 Å². The summed E-state index contributed by atoms with van der Waals surface area (Å²) in [5.41, 5.74) is 2.88. The van der Waals surface area contributed by atoms with Crippen molar-refractivity contribution in [3.05, 3.63) is 58.4 Å². The Morgan fingerprint density at radius 3 is 2.60 bits per heavy atom. The molecule has 8 nitrogen and oxygen atoms in total. The molecule has 2 aliphatic heterocycles. The highest BCUT2D eigenvalue weighted by molar-refractivity contribution is 6.32. The monoisotopic (exact) mass is 429 g/mol. The van der Waals surface area contributed by atoms with E-state index in [2.05, 4.69) is 15.7 Å². The Labute approximate surface area is 176 Å². The molecule has 0 aromatic heterocycles. The number of amides is 3. The third-order valence-corrected chi connectivity index (χ3v) is 5.41. The molecule has 154 valence electrons. The normalized spacial score (nSPS) is 20.1. The van der Waals surface area contributed by atoms with Gasteiger partial charge in [-0.05, 0) is 55.3 Å². The Balaban J connectivity index is 1.49. The van der Waals surface area contributed by atoms with Gasteiger partial charge in [0.2, 0.25) is 5.91 Å². The van der Waals surface area contributed by atoms with E-state index in [1.54, 1.807) is 6.07 Å². The molecule has 0 spiro atoms. The van der Waals surface area contributed by atoms with Crippen molar-refractivity contribution >= 4 is 40.7 Å². The second kappa shape index (κ2) is 7.49. The summed E-state index contributed by atoms with van der Waals surface area (Å²) in [6, 6.07) is 6.96. The summed E-state index contributed by atoms with van der Waals surface area (Å²) in [6.07, 6.45) is 0. The van der Waals surface area contributed by atoms with Crippen molar-refractivity contribution in [1.82, 2.24) is 5.01 Å². The number of rotatable bonds is 4. The van der Waals surface area contributed by atoms with Gasteiger partial charge < -0.3 is 5.32 Å². The first-order valence-corrected chi connectivity index (χ1v) is 9.51. The SMILES string of the molecule is Cc1ccc(NC(=O)CN2N=N[C@H]3C(=O)N(c4ccc(F)c(Cl)c4)C(=O)[C@@H]32)cc1C. The lowest BCUT2D eigenvalue weighted by atomic mass is 10.1. The van der Waals surface area contributed by atoms with Crippen molar-refractivity contribution < 1.29 is 18.8 Å². The van der Waals surface area contributed by atoms with E-state index in [4.69, 9.17) is 11.6 Å². The van der Waals surface area contributed by atoms with Crippen LogP contribution in [0.3, 0.4) is 0 Å². The zero-order valence-corrected chi connectivity index (χ0v) is 16.9. The highest BCUT2D eigenvalue weighted by Crippen LogP contribution is 2.33. The quantitative estimate of drug-likeness (QED) is 0.756. The molecule has 2 aliphatic rings. The molecule has 1 fully saturated rings. The molecule has 2 atom stereocenters. The molecule has 2 heterocycles. The number of hydrogen-bond donors (Lipinski definition) is 1. The average molecular weight is 430 g/mol. The summed E-state index contributed by atoms with van der Waals surface area (Å²) in [6.45, 7) is 3.65. The van der Waals surface area contributed by atoms with Crippen LogP contribution < -0.4 is 10.2 Å². The second-order valence-corrected chi connectivity index (χ2v) is 7.56. The summed E-state index contributed by atoms with van der Waals surface area (Å²) in [7, 11) is 0. The zero-order valence-electron chi connectivity index (χ0n) is 16.1. The number of nitrogens with one attached hydrogen (secondary N) is 1. The Kier molecular flexibility index (Phi) is 4.98. The lowest BCUT2D eigenvalue weighted by Gasteiger charge is -2.20. The van der Waals surface area contributed by atoms with Crippen molar-refractivity contribution in [2.24, 2.45) is 10.3 Å². The third kappa shape index (κ3) is 3.41. The van der Waals surface area contributed by atoms with Crippen molar-refractivity contribution in [3.8, 4) is 0 Å². The van der Waals surface area contributed by atoms with Gasteiger partial charge in [-0.3, -0.25) is 19.4 Å². The standard InChI is InChI=1S/C20H17ClFN5O3/c1-10-3-4-12(7-11(10)2)23-16(28)9-26-18-17(24-25-26)19(29)27(20(18)30)13-5-6-15(22)14(21)8-13/h3-8,17-18H,9H2,1-2H3,(H,23,28)/t17-,18-/m1/s1. The van der Waals surface area contributed by atoms with Crippen molar-refractivity contribution in [2.75, 3.05) is 16.8 Å². The van der Waals surface area contributed by atoms with Crippen LogP contribution in [0.4, 0.5) is 15.8 Å². The first kappa shape index (κ1) is 20.0. The van der Waals surface area contributed by atoms with E-state index >= 15 is 0 Å². The van der Waals surface area contributed by atoms with Crippen LogP contribution in [0.1, 0.15) is 11.1 Å². The summed E-state index contributed by atoms with van der Waals surface area (Å²) in [4.78, 5) is 38.9. The summed E-state index contributed by atoms with van der Waals surface area (Å²) >= 11 is 5.77. The fourth-order valence-corrected chi connectivity index (χ4v) is 3.57. The van der Waals surface area contributed by atoms with E-state index in [1.165, 1.54) is 17.1 Å². The lowest BCUT2D eigenvalue weighted by Crippen LogP contribution is -2.43. The Morgan fingerprint density at radius 1 is 1.13 bits per heavy atom. The van der Waals surface area contributed by atoms with Gasteiger partial charge in [0.05, 0.1) is 10.7 Å². The van der Waals surface area contributed by atoms with E-state index in [-0.39, 0.29) is 17.3 Å². The van der Waals surface area contributed by atoms with E-state index in [9.17, 15) is 18.8 Å². The van der Waals surface area contributed by atoms with Crippen molar-refractivity contribution in [1.29, 1.82) is 0 Å². The maximum atomic E-state index is 13.4. The van der Waals surface area contributed by atoms with Crippen molar-refractivity contribution in [2.45, 2.75) is 25.9 Å². The third-order valence-electron chi connectivity index (χ3n) is 5.12. The van der Waals surface area contributed by atoms with Crippen molar-refractivity contribution in [3.63, 3.8) is 0 Å². The molecule has 0 aliphatic carbocycles. The first-order chi connectivity index (χ1) is 14.3. The van der Waals surface area contributed by atoms with Crippen LogP contribution in [-0.4, -0.2) is 41.4 Å². The molecular formula is C20H17ClFN5O3. The molecule has 0 radical (unpaired) electrons. The van der Waals surface area contributed by atoms with E-state index in [0.717, 1.165) is 22.1 Å². The van der Waals surface area contributed by atoms with Gasteiger partial charge in [-0.2, -0.15) is 5.11 Å². The number of fused-ring (bicyclic) bond motifs is 1. The van der Waals surface area contributed by atoms with Gasteiger partial charge in [0, 0.05) is 5.69 Å². The molecular weight excluding hydrogens is 413 g/mol. The molecule has 2 aromatic carbocycles. The number of carbonyl (C=O) groups excluding carboxylic acids is 3. The number of halogens is 2. The summed E-state index contributed by atoms with van der Waals surface area (Å²) in [5.74, 6) is -2.27. The smallest absolute Gasteiger partial charge is 0.263 e. The Hall–Kier alpha value is -3.33. The molecule has 2 aromatic rings. The predicted molar refractivity (Wildman–Crippen MR) is 108 cm³/mol.